The minimum Gasteiger partial charge on any atom is -0.309 e. The Kier molecular flexibility index (Phi) is 2.37. The topological polar surface area (TPSA) is 45.8 Å². The summed E-state index contributed by atoms with van der Waals surface area (Å²) in [6.07, 6.45) is 0. The van der Waals surface area contributed by atoms with Crippen LogP contribution < -0.4 is 5.56 Å². The summed E-state index contributed by atoms with van der Waals surface area (Å²) in [5.74, 6) is 0.660. The molecular weight excluding hydrogens is 244 g/mol. The molecule has 0 spiro atoms. The van der Waals surface area contributed by atoms with Crippen LogP contribution in [0, 0.1) is 6.92 Å². The number of aromatic amines is 1. The monoisotopic (exact) mass is 252 g/mol. The Morgan fingerprint density at radius 1 is 1.50 bits per heavy atom. The number of hydrogen-bond donors (Lipinski definition) is 1. The third-order valence-electron chi connectivity index (χ3n) is 2.04. The van der Waals surface area contributed by atoms with Crippen molar-refractivity contribution in [3.8, 4) is 0 Å². The molecule has 0 aliphatic rings. The summed E-state index contributed by atoms with van der Waals surface area (Å²) in [4.78, 5) is 18.6. The number of benzene rings is 1. The first-order valence-corrected chi connectivity index (χ1v) is 5.38. The summed E-state index contributed by atoms with van der Waals surface area (Å²) in [6, 6.07) is 5.62. The second-order valence-electron chi connectivity index (χ2n) is 3.17. The number of nitrogens with zero attached hydrogens (tertiary/aromatic N) is 1. The molecule has 0 amide bonds. The molecule has 0 radical (unpaired) electrons. The average Bonchev–Trinajstić information content (AvgIpc) is 2.16. The fraction of sp³-hybridized carbons (Fsp3) is 0.200. The van der Waals surface area contributed by atoms with Crippen molar-refractivity contribution in [2.24, 2.45) is 0 Å². The number of halogens is 1. The Hall–Kier alpha value is -1.16. The van der Waals surface area contributed by atoms with Crippen LogP contribution in [0.25, 0.3) is 10.9 Å². The molecule has 0 aliphatic heterocycles. The summed E-state index contributed by atoms with van der Waals surface area (Å²) in [7, 11) is 0. The molecule has 1 aromatic heterocycles. The molecule has 2 aromatic rings. The van der Waals surface area contributed by atoms with Crippen molar-refractivity contribution in [2.45, 2.75) is 12.3 Å². The number of hydrogen-bond acceptors (Lipinski definition) is 2. The van der Waals surface area contributed by atoms with Crippen molar-refractivity contribution >= 4 is 26.8 Å². The Balaban J connectivity index is 2.84. The van der Waals surface area contributed by atoms with Gasteiger partial charge in [-0.2, -0.15) is 0 Å². The third-order valence-corrected chi connectivity index (χ3v) is 2.57. The summed E-state index contributed by atoms with van der Waals surface area (Å²) in [5.41, 5.74) is 1.78. The zero-order valence-electron chi connectivity index (χ0n) is 7.67. The zero-order valence-corrected chi connectivity index (χ0v) is 9.26. The van der Waals surface area contributed by atoms with Gasteiger partial charge in [-0.3, -0.25) is 4.79 Å². The predicted octanol–water partition coefficient (Wildman–Crippen LogP) is 2.13. The van der Waals surface area contributed by atoms with E-state index in [2.05, 4.69) is 25.9 Å². The van der Waals surface area contributed by atoms with Gasteiger partial charge in [0.1, 0.15) is 5.82 Å². The second-order valence-corrected chi connectivity index (χ2v) is 3.73. The highest BCUT2D eigenvalue weighted by molar-refractivity contribution is 9.08. The van der Waals surface area contributed by atoms with Gasteiger partial charge in [-0.1, -0.05) is 22.0 Å². The maximum atomic E-state index is 11.6. The van der Waals surface area contributed by atoms with E-state index < -0.39 is 0 Å². The molecule has 0 aliphatic carbocycles. The van der Waals surface area contributed by atoms with Crippen LogP contribution in [0.15, 0.2) is 23.0 Å². The number of rotatable bonds is 1. The molecule has 14 heavy (non-hydrogen) atoms. The molecule has 0 fully saturated rings. The second kappa shape index (κ2) is 3.53. The molecule has 0 saturated heterocycles. The number of nitrogens with one attached hydrogen (secondary N) is 1. The van der Waals surface area contributed by atoms with Gasteiger partial charge in [0, 0.05) is 0 Å². The van der Waals surface area contributed by atoms with Crippen LogP contribution in [0.2, 0.25) is 0 Å². The van der Waals surface area contributed by atoms with Crippen molar-refractivity contribution in [3.05, 3.63) is 39.9 Å². The van der Waals surface area contributed by atoms with Crippen LogP contribution in [0.1, 0.15) is 11.4 Å². The first-order chi connectivity index (χ1) is 6.70. The van der Waals surface area contributed by atoms with E-state index in [1.807, 2.05) is 19.1 Å². The lowest BCUT2D eigenvalue weighted by molar-refractivity contribution is 1.05. The average molecular weight is 253 g/mol. The summed E-state index contributed by atoms with van der Waals surface area (Å²) >= 11 is 3.26. The summed E-state index contributed by atoms with van der Waals surface area (Å²) in [6.45, 7) is 1.98. The van der Waals surface area contributed by atoms with Crippen LogP contribution in [-0.4, -0.2) is 9.97 Å². The first kappa shape index (κ1) is 9.40. The molecule has 1 aromatic carbocycles. The summed E-state index contributed by atoms with van der Waals surface area (Å²) < 4.78 is 0. The highest BCUT2D eigenvalue weighted by Crippen LogP contribution is 2.10. The van der Waals surface area contributed by atoms with Crippen molar-refractivity contribution in [1.82, 2.24) is 9.97 Å². The van der Waals surface area contributed by atoms with Gasteiger partial charge in [-0.05, 0) is 24.6 Å². The molecule has 0 unspecified atom stereocenters. The van der Waals surface area contributed by atoms with Crippen LogP contribution >= 0.6 is 15.9 Å². The van der Waals surface area contributed by atoms with Crippen LogP contribution in [0.4, 0.5) is 0 Å². The molecule has 1 heterocycles. The molecule has 1 N–H and O–H groups in total. The first-order valence-electron chi connectivity index (χ1n) is 4.26. The Bertz CT molecular complexity index is 533. The smallest absolute Gasteiger partial charge is 0.258 e. The van der Waals surface area contributed by atoms with Gasteiger partial charge in [-0.15, -0.1) is 0 Å². The van der Waals surface area contributed by atoms with Crippen molar-refractivity contribution < 1.29 is 0 Å². The van der Waals surface area contributed by atoms with E-state index in [1.165, 1.54) is 0 Å². The van der Waals surface area contributed by atoms with E-state index in [0.717, 1.165) is 11.1 Å². The van der Waals surface area contributed by atoms with Crippen molar-refractivity contribution in [1.29, 1.82) is 0 Å². The Labute approximate surface area is 89.3 Å². The lowest BCUT2D eigenvalue weighted by atomic mass is 10.2. The zero-order chi connectivity index (χ0) is 10.1. The van der Waals surface area contributed by atoms with Gasteiger partial charge < -0.3 is 4.98 Å². The molecule has 72 valence electrons. The van der Waals surface area contributed by atoms with Crippen molar-refractivity contribution in [3.63, 3.8) is 0 Å². The maximum absolute atomic E-state index is 11.6. The standard InChI is InChI=1S/C10H9BrN2O/c1-6-2-3-7-8(4-6)12-9(5-11)13-10(7)14/h2-4H,5H2,1H3,(H,12,13,14). The highest BCUT2D eigenvalue weighted by atomic mass is 79.9. The van der Waals surface area contributed by atoms with Gasteiger partial charge >= 0.3 is 0 Å². The molecule has 3 nitrogen and oxygen atoms in total. The normalized spacial score (nSPS) is 10.7. The van der Waals surface area contributed by atoms with E-state index >= 15 is 0 Å². The number of H-pyrrole nitrogens is 1. The van der Waals surface area contributed by atoms with Crippen molar-refractivity contribution in [2.75, 3.05) is 0 Å². The van der Waals surface area contributed by atoms with Gasteiger partial charge in [-0.25, -0.2) is 4.98 Å². The van der Waals surface area contributed by atoms with Crippen LogP contribution in [-0.2, 0) is 5.33 Å². The minimum absolute atomic E-state index is 0.0792. The Morgan fingerprint density at radius 2 is 2.29 bits per heavy atom. The van der Waals surface area contributed by atoms with E-state index in [4.69, 9.17) is 0 Å². The van der Waals surface area contributed by atoms with Crippen LogP contribution in [0.5, 0.6) is 0 Å². The molecule has 0 bridgehead atoms. The lowest BCUT2D eigenvalue weighted by Gasteiger charge is -2.00. The number of aromatic nitrogens is 2. The minimum atomic E-state index is -0.0792. The predicted molar refractivity (Wildman–Crippen MR) is 59.7 cm³/mol. The number of aryl methyl sites for hydroxylation is 1. The molecular formula is C10H9BrN2O. The van der Waals surface area contributed by atoms with E-state index in [9.17, 15) is 4.79 Å². The van der Waals surface area contributed by atoms with Crippen LogP contribution in [0.3, 0.4) is 0 Å². The maximum Gasteiger partial charge on any atom is 0.258 e. The molecule has 2 rings (SSSR count). The number of fused-ring (bicyclic) bond motifs is 1. The van der Waals surface area contributed by atoms with Gasteiger partial charge in [0.05, 0.1) is 16.2 Å². The Morgan fingerprint density at radius 3 is 3.00 bits per heavy atom. The SMILES string of the molecule is Cc1ccc2c(=O)[nH]c(CBr)nc2c1. The van der Waals surface area contributed by atoms with Gasteiger partial charge in [0.25, 0.3) is 5.56 Å². The molecule has 4 heteroatoms. The number of alkyl halides is 1. The fourth-order valence-corrected chi connectivity index (χ4v) is 1.63. The largest absolute Gasteiger partial charge is 0.309 e. The summed E-state index contributed by atoms with van der Waals surface area (Å²) in [5, 5.41) is 1.20. The lowest BCUT2D eigenvalue weighted by Crippen LogP contribution is -2.10. The molecule has 0 saturated carbocycles. The van der Waals surface area contributed by atoms with E-state index in [-0.39, 0.29) is 5.56 Å². The third kappa shape index (κ3) is 1.57. The highest BCUT2D eigenvalue weighted by Gasteiger charge is 2.02. The van der Waals surface area contributed by atoms with Gasteiger partial charge in [0.15, 0.2) is 0 Å². The van der Waals surface area contributed by atoms with Gasteiger partial charge in [0.2, 0.25) is 0 Å². The van der Waals surface area contributed by atoms with E-state index in [1.54, 1.807) is 6.07 Å². The molecule has 0 atom stereocenters. The quantitative estimate of drug-likeness (QED) is 0.791. The fourth-order valence-electron chi connectivity index (χ4n) is 1.36. The van der Waals surface area contributed by atoms with E-state index in [0.29, 0.717) is 16.5 Å².